The van der Waals surface area contributed by atoms with Crippen molar-refractivity contribution in [1.29, 1.82) is 0 Å². The Morgan fingerprint density at radius 2 is 1.54 bits per heavy atom. The van der Waals surface area contributed by atoms with Gasteiger partial charge in [0.2, 0.25) is 0 Å². The molecule has 0 spiro atoms. The Bertz CT molecular complexity index is 639. The molecule has 1 aromatic rings. The molecule has 26 heavy (non-hydrogen) atoms. The number of nitrogens with two attached hydrogens (primary N) is 2. The number of ether oxygens (including phenoxy) is 2. The van der Waals surface area contributed by atoms with E-state index in [0.29, 0.717) is 0 Å². The van der Waals surface area contributed by atoms with Gasteiger partial charge >= 0.3 is 23.8 Å². The number of pyridine rings is 1. The van der Waals surface area contributed by atoms with Gasteiger partial charge in [0, 0.05) is 18.3 Å². The standard InChI is InChI=1S/C12H20N4O10/c13-1-2-25-5-7-3-6(14)4-8(15-7)16-9(17,18)11(21,22)26-12(23,24)10(16,19)20/h3-4,17-24H,1-2,5,13H2,(H2,14,15). The molecule has 148 valence electrons. The minimum atomic E-state index is -4.09. The summed E-state index contributed by atoms with van der Waals surface area (Å²) in [6.45, 7) is 0.157. The fraction of sp³-hybridized carbons (Fsp3) is 0.583. The Kier molecular flexibility index (Phi) is 5.14. The molecule has 2 rings (SSSR count). The molecule has 0 radical (unpaired) electrons. The van der Waals surface area contributed by atoms with E-state index in [0.717, 1.165) is 6.07 Å². The van der Waals surface area contributed by atoms with Crippen LogP contribution in [-0.2, 0) is 16.1 Å². The van der Waals surface area contributed by atoms with Gasteiger partial charge in [-0.05, 0) is 6.07 Å². The molecule has 0 atom stereocenters. The number of nitrogens with zero attached hydrogens (tertiary/aromatic N) is 2. The van der Waals surface area contributed by atoms with Crippen molar-refractivity contribution in [3.8, 4) is 0 Å². The molecule has 1 aliphatic heterocycles. The SMILES string of the molecule is NCCOCc1cc(N)cc(N2C(O)(O)C(O)(O)OC(O)(O)C2(O)O)n1. The fourth-order valence-electron chi connectivity index (χ4n) is 2.21. The summed E-state index contributed by atoms with van der Waals surface area (Å²) in [7, 11) is 0. The third-order valence-corrected chi connectivity index (χ3v) is 3.41. The zero-order valence-corrected chi connectivity index (χ0v) is 13.2. The zero-order chi connectivity index (χ0) is 20.0. The summed E-state index contributed by atoms with van der Waals surface area (Å²) in [5.74, 6) is -17.0. The number of hydrogen-bond donors (Lipinski definition) is 10. The third-order valence-electron chi connectivity index (χ3n) is 3.41. The van der Waals surface area contributed by atoms with Crippen LogP contribution in [0.5, 0.6) is 0 Å². The molecule has 0 amide bonds. The highest BCUT2D eigenvalue weighted by Crippen LogP contribution is 2.43. The highest BCUT2D eigenvalue weighted by atomic mass is 16.9. The van der Waals surface area contributed by atoms with Crippen molar-refractivity contribution in [3.05, 3.63) is 17.8 Å². The van der Waals surface area contributed by atoms with E-state index in [4.69, 9.17) is 16.2 Å². The molecule has 1 saturated heterocycles. The Balaban J connectivity index is 2.55. The number of rotatable bonds is 5. The normalized spacial score (nSPS) is 23.0. The van der Waals surface area contributed by atoms with Crippen molar-refractivity contribution in [3.63, 3.8) is 0 Å². The zero-order valence-electron chi connectivity index (χ0n) is 13.2. The summed E-state index contributed by atoms with van der Waals surface area (Å²) in [5.41, 5.74) is 10.8. The molecule has 1 aliphatic rings. The Labute approximate surface area is 145 Å². The molecule has 0 aromatic carbocycles. The van der Waals surface area contributed by atoms with Gasteiger partial charge in [0.15, 0.2) is 0 Å². The maximum Gasteiger partial charge on any atom is 0.362 e. The maximum atomic E-state index is 9.96. The summed E-state index contributed by atoms with van der Waals surface area (Å²) >= 11 is 0. The topological polar surface area (TPSA) is 248 Å². The lowest BCUT2D eigenvalue weighted by molar-refractivity contribution is -0.606. The average molecular weight is 380 g/mol. The lowest BCUT2D eigenvalue weighted by Crippen LogP contribution is -2.84. The van der Waals surface area contributed by atoms with Crippen molar-refractivity contribution in [2.24, 2.45) is 5.73 Å². The summed E-state index contributed by atoms with van der Waals surface area (Å²) < 4.78 is 8.88. The van der Waals surface area contributed by atoms with Crippen molar-refractivity contribution < 1.29 is 50.3 Å². The smallest absolute Gasteiger partial charge is 0.362 e. The van der Waals surface area contributed by atoms with Gasteiger partial charge in [-0.3, -0.25) is 4.74 Å². The predicted octanol–water partition coefficient (Wildman–Crippen LogP) is -5.47. The first-order valence-electron chi connectivity index (χ1n) is 7.10. The minimum absolute atomic E-state index is 0.0366. The number of hydrogen-bond acceptors (Lipinski definition) is 14. The first-order valence-corrected chi connectivity index (χ1v) is 7.10. The van der Waals surface area contributed by atoms with E-state index in [9.17, 15) is 40.9 Å². The van der Waals surface area contributed by atoms with Crippen molar-refractivity contribution in [2.75, 3.05) is 23.8 Å². The first-order chi connectivity index (χ1) is 11.8. The van der Waals surface area contributed by atoms with Crippen LogP contribution in [-0.4, -0.2) is 82.8 Å². The molecule has 1 fully saturated rings. The molecule has 0 saturated carbocycles. The Morgan fingerprint density at radius 1 is 1.00 bits per heavy atom. The first kappa shape index (κ1) is 20.6. The second-order valence-corrected chi connectivity index (χ2v) is 5.52. The predicted molar refractivity (Wildman–Crippen MR) is 79.6 cm³/mol. The second-order valence-electron chi connectivity index (χ2n) is 5.52. The van der Waals surface area contributed by atoms with Crippen LogP contribution in [0.15, 0.2) is 12.1 Å². The quantitative estimate of drug-likeness (QED) is 0.169. The van der Waals surface area contributed by atoms with Crippen LogP contribution >= 0.6 is 0 Å². The van der Waals surface area contributed by atoms with Gasteiger partial charge in [0.05, 0.1) is 18.9 Å². The van der Waals surface area contributed by atoms with E-state index in [2.05, 4.69) is 9.72 Å². The van der Waals surface area contributed by atoms with Crippen LogP contribution in [0.2, 0.25) is 0 Å². The van der Waals surface area contributed by atoms with Crippen molar-refractivity contribution in [1.82, 2.24) is 4.98 Å². The minimum Gasteiger partial charge on any atom is -0.399 e. The highest BCUT2D eigenvalue weighted by molar-refractivity contribution is 5.54. The van der Waals surface area contributed by atoms with Crippen LogP contribution in [0.4, 0.5) is 11.5 Å². The summed E-state index contributed by atoms with van der Waals surface area (Å²) in [6, 6.07) is 2.13. The van der Waals surface area contributed by atoms with Crippen LogP contribution in [0, 0.1) is 0 Å². The second kappa shape index (κ2) is 6.48. The van der Waals surface area contributed by atoms with Gasteiger partial charge in [-0.15, -0.1) is 0 Å². The summed E-state index contributed by atoms with van der Waals surface area (Å²) in [6.07, 6.45) is 0. The molecular weight excluding hydrogens is 360 g/mol. The van der Waals surface area contributed by atoms with Crippen molar-refractivity contribution in [2.45, 2.75) is 30.4 Å². The van der Waals surface area contributed by atoms with Gasteiger partial charge in [0.25, 0.3) is 0 Å². The number of aromatic nitrogens is 1. The van der Waals surface area contributed by atoms with E-state index < -0.39 is 34.5 Å². The monoisotopic (exact) mass is 380 g/mol. The van der Waals surface area contributed by atoms with E-state index in [1.54, 1.807) is 0 Å². The van der Waals surface area contributed by atoms with Crippen LogP contribution in [0.3, 0.4) is 0 Å². The van der Waals surface area contributed by atoms with Gasteiger partial charge in [0.1, 0.15) is 5.82 Å². The van der Waals surface area contributed by atoms with Gasteiger partial charge in [-0.25, -0.2) is 9.88 Å². The lowest BCUT2D eigenvalue weighted by Gasteiger charge is -2.55. The van der Waals surface area contributed by atoms with E-state index in [-0.39, 0.29) is 31.1 Å². The van der Waals surface area contributed by atoms with Gasteiger partial charge < -0.3 is 57.1 Å². The van der Waals surface area contributed by atoms with E-state index in [1.165, 1.54) is 6.07 Å². The maximum absolute atomic E-state index is 9.96. The molecule has 1 aromatic heterocycles. The largest absolute Gasteiger partial charge is 0.399 e. The summed E-state index contributed by atoms with van der Waals surface area (Å²) in [4.78, 5) is 3.37. The molecular formula is C12H20N4O10. The Morgan fingerprint density at radius 3 is 2.04 bits per heavy atom. The molecule has 12 N–H and O–H groups in total. The van der Waals surface area contributed by atoms with Crippen LogP contribution < -0.4 is 16.4 Å². The van der Waals surface area contributed by atoms with Crippen LogP contribution in [0.1, 0.15) is 5.69 Å². The number of morpholine rings is 1. The average Bonchev–Trinajstić information content (AvgIpc) is 2.44. The fourth-order valence-corrected chi connectivity index (χ4v) is 2.21. The third kappa shape index (κ3) is 3.31. The van der Waals surface area contributed by atoms with E-state index in [1.807, 2.05) is 0 Å². The van der Waals surface area contributed by atoms with E-state index >= 15 is 0 Å². The summed E-state index contributed by atoms with van der Waals surface area (Å²) in [5, 5.41) is 78.1. The molecule has 0 bridgehead atoms. The Hall–Kier alpha value is -1.69. The molecule has 0 aliphatic carbocycles. The number of anilines is 2. The van der Waals surface area contributed by atoms with Gasteiger partial charge in [-0.2, -0.15) is 0 Å². The molecule has 14 heteroatoms. The van der Waals surface area contributed by atoms with Gasteiger partial charge in [-0.1, -0.05) is 0 Å². The highest BCUT2D eigenvalue weighted by Gasteiger charge is 2.75. The van der Waals surface area contributed by atoms with Crippen LogP contribution in [0.25, 0.3) is 0 Å². The number of nitrogen functional groups attached to an aromatic ring is 1. The number of aliphatic hydroxyl groups is 8. The molecule has 14 nitrogen and oxygen atoms in total. The van der Waals surface area contributed by atoms with Crippen molar-refractivity contribution >= 4 is 11.5 Å². The molecule has 2 heterocycles. The molecule has 0 unspecified atom stereocenters. The lowest BCUT2D eigenvalue weighted by atomic mass is 10.1.